The number of rotatable bonds is 1. The van der Waals surface area contributed by atoms with E-state index in [1.54, 1.807) is 0 Å². The second-order valence-electron chi connectivity index (χ2n) is 5.51. The summed E-state index contributed by atoms with van der Waals surface area (Å²) in [5, 5.41) is 3.47. The maximum absolute atomic E-state index is 12.3. The van der Waals surface area contributed by atoms with Crippen LogP contribution in [0.25, 0.3) is 0 Å². The standard InChI is InChI=1S/C13H20N2O/c16-13(12-3-1-2-4-12)15-8-10-5-11(9-15)7-14-6-10/h1-2,10-12,14H,3-9H2. The predicted molar refractivity (Wildman–Crippen MR) is 62.9 cm³/mol. The summed E-state index contributed by atoms with van der Waals surface area (Å²) in [6, 6.07) is 0. The zero-order valence-electron chi connectivity index (χ0n) is 9.69. The maximum atomic E-state index is 12.3. The van der Waals surface area contributed by atoms with Crippen molar-refractivity contribution in [2.45, 2.75) is 19.3 Å². The van der Waals surface area contributed by atoms with Gasteiger partial charge in [-0.25, -0.2) is 0 Å². The smallest absolute Gasteiger partial charge is 0.226 e. The van der Waals surface area contributed by atoms with Crippen LogP contribution in [0.1, 0.15) is 19.3 Å². The summed E-state index contributed by atoms with van der Waals surface area (Å²) in [6.07, 6.45) is 7.54. The van der Waals surface area contributed by atoms with Crippen LogP contribution in [-0.4, -0.2) is 37.0 Å². The topological polar surface area (TPSA) is 32.3 Å². The van der Waals surface area contributed by atoms with Crippen molar-refractivity contribution >= 4 is 5.91 Å². The van der Waals surface area contributed by atoms with Gasteiger partial charge in [-0.3, -0.25) is 4.79 Å². The lowest BCUT2D eigenvalue weighted by molar-refractivity contribution is -0.138. The van der Waals surface area contributed by atoms with Gasteiger partial charge in [0.2, 0.25) is 5.91 Å². The first-order valence-electron chi connectivity index (χ1n) is 6.47. The van der Waals surface area contributed by atoms with E-state index < -0.39 is 0 Å². The van der Waals surface area contributed by atoms with Gasteiger partial charge in [0, 0.05) is 19.0 Å². The van der Waals surface area contributed by atoms with Gasteiger partial charge in [0.15, 0.2) is 0 Å². The van der Waals surface area contributed by atoms with Gasteiger partial charge >= 0.3 is 0 Å². The Morgan fingerprint density at radius 1 is 1.12 bits per heavy atom. The average molecular weight is 220 g/mol. The Hall–Kier alpha value is -0.830. The van der Waals surface area contributed by atoms with E-state index in [1.165, 1.54) is 6.42 Å². The van der Waals surface area contributed by atoms with Crippen molar-refractivity contribution in [3.63, 3.8) is 0 Å². The number of amides is 1. The van der Waals surface area contributed by atoms with Crippen LogP contribution >= 0.6 is 0 Å². The number of fused-ring (bicyclic) bond motifs is 2. The third-order valence-corrected chi connectivity index (χ3v) is 4.16. The van der Waals surface area contributed by atoms with Crippen LogP contribution in [0.4, 0.5) is 0 Å². The van der Waals surface area contributed by atoms with Crippen molar-refractivity contribution < 1.29 is 4.79 Å². The van der Waals surface area contributed by atoms with Crippen molar-refractivity contribution in [2.75, 3.05) is 26.2 Å². The molecule has 0 aromatic heterocycles. The maximum Gasteiger partial charge on any atom is 0.226 e. The van der Waals surface area contributed by atoms with Crippen LogP contribution in [-0.2, 0) is 4.79 Å². The van der Waals surface area contributed by atoms with E-state index in [9.17, 15) is 4.79 Å². The number of carbonyl (C=O) groups excluding carboxylic acids is 1. The summed E-state index contributed by atoms with van der Waals surface area (Å²) in [5.74, 6) is 2.06. The Labute approximate surface area is 96.9 Å². The molecule has 3 nitrogen and oxygen atoms in total. The molecule has 3 heteroatoms. The zero-order chi connectivity index (χ0) is 11.0. The zero-order valence-corrected chi connectivity index (χ0v) is 9.69. The number of allylic oxidation sites excluding steroid dienone is 2. The molecule has 1 aliphatic carbocycles. The molecule has 3 rings (SSSR count). The number of piperidine rings is 2. The Balaban J connectivity index is 1.64. The van der Waals surface area contributed by atoms with Crippen LogP contribution in [0.15, 0.2) is 12.2 Å². The molecule has 2 saturated heterocycles. The van der Waals surface area contributed by atoms with Crippen molar-refractivity contribution in [3.8, 4) is 0 Å². The van der Waals surface area contributed by atoms with Crippen LogP contribution < -0.4 is 5.32 Å². The van der Waals surface area contributed by atoms with E-state index in [-0.39, 0.29) is 5.92 Å². The molecule has 2 fully saturated rings. The molecule has 2 heterocycles. The van der Waals surface area contributed by atoms with E-state index in [0.717, 1.165) is 39.0 Å². The van der Waals surface area contributed by atoms with Gasteiger partial charge in [-0.1, -0.05) is 12.2 Å². The average Bonchev–Trinajstić information content (AvgIpc) is 2.81. The molecule has 2 bridgehead atoms. The van der Waals surface area contributed by atoms with Crippen molar-refractivity contribution in [2.24, 2.45) is 17.8 Å². The molecule has 2 aliphatic heterocycles. The van der Waals surface area contributed by atoms with Crippen LogP contribution in [0, 0.1) is 17.8 Å². The lowest BCUT2D eigenvalue weighted by Crippen LogP contribution is -2.53. The van der Waals surface area contributed by atoms with E-state index in [4.69, 9.17) is 0 Å². The Morgan fingerprint density at radius 3 is 2.38 bits per heavy atom. The quantitative estimate of drug-likeness (QED) is 0.669. The summed E-state index contributed by atoms with van der Waals surface area (Å²) in [7, 11) is 0. The fraction of sp³-hybridized carbons (Fsp3) is 0.769. The predicted octanol–water partition coefficient (Wildman–Crippen LogP) is 1.02. The summed E-state index contributed by atoms with van der Waals surface area (Å²) in [6.45, 7) is 4.17. The molecular formula is C13H20N2O. The first-order valence-corrected chi connectivity index (χ1v) is 6.47. The van der Waals surface area contributed by atoms with E-state index in [1.807, 2.05) is 0 Å². The molecule has 88 valence electrons. The molecular weight excluding hydrogens is 200 g/mol. The molecule has 3 aliphatic rings. The van der Waals surface area contributed by atoms with Gasteiger partial charge in [0.05, 0.1) is 0 Å². The highest BCUT2D eigenvalue weighted by molar-refractivity contribution is 5.79. The molecule has 0 radical (unpaired) electrons. The summed E-state index contributed by atoms with van der Waals surface area (Å²) >= 11 is 0. The van der Waals surface area contributed by atoms with Crippen LogP contribution in [0.2, 0.25) is 0 Å². The minimum atomic E-state index is 0.256. The highest BCUT2D eigenvalue weighted by Gasteiger charge is 2.34. The number of nitrogens with one attached hydrogen (secondary N) is 1. The van der Waals surface area contributed by atoms with E-state index in [0.29, 0.717) is 17.7 Å². The highest BCUT2D eigenvalue weighted by atomic mass is 16.2. The van der Waals surface area contributed by atoms with Gasteiger partial charge in [0.1, 0.15) is 0 Å². The van der Waals surface area contributed by atoms with Gasteiger partial charge in [-0.2, -0.15) is 0 Å². The molecule has 1 amide bonds. The summed E-state index contributed by atoms with van der Waals surface area (Å²) in [5.41, 5.74) is 0. The monoisotopic (exact) mass is 220 g/mol. The second-order valence-corrected chi connectivity index (χ2v) is 5.51. The van der Waals surface area contributed by atoms with Crippen molar-refractivity contribution in [1.29, 1.82) is 0 Å². The lowest BCUT2D eigenvalue weighted by atomic mass is 9.85. The molecule has 0 aromatic carbocycles. The Bertz CT molecular complexity index is 293. The highest BCUT2D eigenvalue weighted by Crippen LogP contribution is 2.28. The molecule has 2 atom stereocenters. The van der Waals surface area contributed by atoms with Crippen LogP contribution in [0.3, 0.4) is 0 Å². The molecule has 1 N–H and O–H groups in total. The third-order valence-electron chi connectivity index (χ3n) is 4.16. The molecule has 0 aromatic rings. The van der Waals surface area contributed by atoms with Crippen LogP contribution in [0.5, 0.6) is 0 Å². The number of nitrogens with zero attached hydrogens (tertiary/aromatic N) is 1. The third kappa shape index (κ3) is 1.88. The first-order chi connectivity index (χ1) is 7.83. The first kappa shape index (κ1) is 10.3. The van der Waals surface area contributed by atoms with Crippen molar-refractivity contribution in [1.82, 2.24) is 10.2 Å². The molecule has 16 heavy (non-hydrogen) atoms. The normalized spacial score (nSPS) is 34.4. The van der Waals surface area contributed by atoms with Gasteiger partial charge in [-0.05, 0) is 44.2 Å². The minimum Gasteiger partial charge on any atom is -0.342 e. The summed E-state index contributed by atoms with van der Waals surface area (Å²) < 4.78 is 0. The molecule has 0 saturated carbocycles. The van der Waals surface area contributed by atoms with Gasteiger partial charge < -0.3 is 10.2 Å². The second kappa shape index (κ2) is 4.21. The Morgan fingerprint density at radius 2 is 1.75 bits per heavy atom. The minimum absolute atomic E-state index is 0.256. The largest absolute Gasteiger partial charge is 0.342 e. The number of likely N-dealkylation sites (tertiary alicyclic amines) is 1. The molecule has 2 unspecified atom stereocenters. The van der Waals surface area contributed by atoms with E-state index >= 15 is 0 Å². The fourth-order valence-corrected chi connectivity index (χ4v) is 3.36. The number of carbonyl (C=O) groups is 1. The number of hydrogen-bond acceptors (Lipinski definition) is 2. The van der Waals surface area contributed by atoms with E-state index in [2.05, 4.69) is 22.4 Å². The summed E-state index contributed by atoms with van der Waals surface area (Å²) in [4.78, 5) is 14.4. The van der Waals surface area contributed by atoms with Gasteiger partial charge in [-0.15, -0.1) is 0 Å². The molecule has 0 spiro atoms. The van der Waals surface area contributed by atoms with Gasteiger partial charge in [0.25, 0.3) is 0 Å². The number of hydrogen-bond donors (Lipinski definition) is 1. The fourth-order valence-electron chi connectivity index (χ4n) is 3.36. The van der Waals surface area contributed by atoms with Crippen molar-refractivity contribution in [3.05, 3.63) is 12.2 Å². The SMILES string of the molecule is O=C(C1CC=CC1)N1CC2CNCC(C2)C1. The lowest BCUT2D eigenvalue weighted by Gasteiger charge is -2.42. The Kier molecular flexibility index (Phi) is 2.72.